The highest BCUT2D eigenvalue weighted by Crippen LogP contribution is 2.12. The number of hydrogen-bond donors (Lipinski definition) is 2. The lowest BCUT2D eigenvalue weighted by molar-refractivity contribution is 0.0785. The number of amides is 1. The van der Waals surface area contributed by atoms with Crippen molar-refractivity contribution >= 4 is 11.6 Å². The van der Waals surface area contributed by atoms with Crippen LogP contribution in [-0.2, 0) is 6.54 Å². The van der Waals surface area contributed by atoms with Crippen molar-refractivity contribution in [3.63, 3.8) is 0 Å². The fourth-order valence-corrected chi connectivity index (χ4v) is 1.91. The van der Waals surface area contributed by atoms with Gasteiger partial charge >= 0.3 is 0 Å². The number of hydrogen-bond acceptors (Lipinski definition) is 3. The van der Waals surface area contributed by atoms with Gasteiger partial charge < -0.3 is 10.3 Å². The summed E-state index contributed by atoms with van der Waals surface area (Å²) in [6.07, 6.45) is 0. The monoisotopic (exact) mass is 273 g/mol. The third-order valence-electron chi connectivity index (χ3n) is 2.95. The maximum absolute atomic E-state index is 13.1. The molecule has 2 aromatic carbocycles. The van der Waals surface area contributed by atoms with E-state index in [1.54, 1.807) is 48.3 Å². The molecule has 0 aromatic heterocycles. The van der Waals surface area contributed by atoms with Crippen molar-refractivity contribution in [2.45, 2.75) is 6.54 Å². The molecule has 4 nitrogen and oxygen atoms in total. The van der Waals surface area contributed by atoms with Crippen LogP contribution in [0.5, 0.6) is 0 Å². The Morgan fingerprint density at radius 3 is 2.55 bits per heavy atom. The lowest BCUT2D eigenvalue weighted by Gasteiger charge is -2.17. The second-order valence-corrected chi connectivity index (χ2v) is 4.51. The largest absolute Gasteiger partial charge is 0.337 e. The van der Waals surface area contributed by atoms with Crippen LogP contribution < -0.4 is 11.3 Å². The Labute approximate surface area is 117 Å². The summed E-state index contributed by atoms with van der Waals surface area (Å²) in [5.41, 5.74) is 4.54. The number of nitrogen functional groups attached to an aromatic ring is 1. The summed E-state index contributed by atoms with van der Waals surface area (Å²) in [5, 5.41) is 0. The first-order chi connectivity index (χ1) is 9.60. The molecular weight excluding hydrogens is 257 g/mol. The van der Waals surface area contributed by atoms with E-state index in [4.69, 9.17) is 5.84 Å². The first-order valence-corrected chi connectivity index (χ1v) is 6.17. The Bertz CT molecular complexity index is 598. The topological polar surface area (TPSA) is 58.4 Å². The van der Waals surface area contributed by atoms with Gasteiger partial charge in [0, 0.05) is 24.8 Å². The summed E-state index contributed by atoms with van der Waals surface area (Å²) in [4.78, 5) is 13.8. The van der Waals surface area contributed by atoms with Crippen LogP contribution in [0.4, 0.5) is 10.1 Å². The van der Waals surface area contributed by atoms with Crippen molar-refractivity contribution in [1.82, 2.24) is 4.90 Å². The predicted octanol–water partition coefficient (Wildman–Crippen LogP) is 2.38. The van der Waals surface area contributed by atoms with Crippen LogP contribution in [-0.4, -0.2) is 17.9 Å². The Kier molecular flexibility index (Phi) is 4.32. The van der Waals surface area contributed by atoms with Gasteiger partial charge in [-0.2, -0.15) is 0 Å². The second kappa shape index (κ2) is 6.16. The Hall–Kier alpha value is -2.40. The summed E-state index contributed by atoms with van der Waals surface area (Å²) in [6, 6.07) is 13.1. The predicted molar refractivity (Wildman–Crippen MR) is 76.4 cm³/mol. The first-order valence-electron chi connectivity index (χ1n) is 6.17. The van der Waals surface area contributed by atoms with E-state index < -0.39 is 0 Å². The number of nitrogens with one attached hydrogen (secondary N) is 1. The van der Waals surface area contributed by atoms with Gasteiger partial charge in [-0.1, -0.05) is 12.1 Å². The van der Waals surface area contributed by atoms with E-state index in [9.17, 15) is 9.18 Å². The third kappa shape index (κ3) is 3.33. The van der Waals surface area contributed by atoms with E-state index in [-0.39, 0.29) is 11.7 Å². The minimum Gasteiger partial charge on any atom is -0.337 e. The van der Waals surface area contributed by atoms with Crippen molar-refractivity contribution in [1.29, 1.82) is 0 Å². The molecule has 104 valence electrons. The van der Waals surface area contributed by atoms with E-state index in [0.717, 1.165) is 11.3 Å². The maximum Gasteiger partial charge on any atom is 0.253 e. The number of nitrogens with zero attached hydrogens (tertiary/aromatic N) is 1. The van der Waals surface area contributed by atoms with Gasteiger partial charge in [0.1, 0.15) is 5.82 Å². The molecule has 0 radical (unpaired) electrons. The maximum atomic E-state index is 13.1. The molecule has 2 aromatic rings. The molecule has 2 rings (SSSR count). The minimum atomic E-state index is -0.304. The lowest BCUT2D eigenvalue weighted by Crippen LogP contribution is -2.26. The molecule has 0 spiro atoms. The fraction of sp³-hybridized carbons (Fsp3) is 0.133. The van der Waals surface area contributed by atoms with Crippen LogP contribution in [0.3, 0.4) is 0 Å². The van der Waals surface area contributed by atoms with E-state index in [1.807, 2.05) is 0 Å². The number of anilines is 1. The fourth-order valence-electron chi connectivity index (χ4n) is 1.91. The average molecular weight is 273 g/mol. The summed E-state index contributed by atoms with van der Waals surface area (Å²) >= 11 is 0. The number of benzene rings is 2. The average Bonchev–Trinajstić information content (AvgIpc) is 2.46. The smallest absolute Gasteiger partial charge is 0.253 e. The van der Waals surface area contributed by atoms with Crippen molar-refractivity contribution in [3.8, 4) is 0 Å². The van der Waals surface area contributed by atoms with E-state index in [2.05, 4.69) is 5.43 Å². The molecule has 20 heavy (non-hydrogen) atoms. The summed E-state index contributed by atoms with van der Waals surface area (Å²) in [7, 11) is 1.68. The molecule has 0 aliphatic heterocycles. The van der Waals surface area contributed by atoms with Crippen LogP contribution in [0.15, 0.2) is 48.5 Å². The van der Waals surface area contributed by atoms with Crippen LogP contribution >= 0.6 is 0 Å². The van der Waals surface area contributed by atoms with E-state index >= 15 is 0 Å². The van der Waals surface area contributed by atoms with Crippen LogP contribution in [0, 0.1) is 5.82 Å². The van der Waals surface area contributed by atoms with E-state index in [0.29, 0.717) is 12.1 Å². The van der Waals surface area contributed by atoms with Crippen molar-refractivity contribution in [2.75, 3.05) is 12.5 Å². The number of nitrogens with two attached hydrogens (primary N) is 1. The normalized spacial score (nSPS) is 10.2. The molecule has 0 fully saturated rings. The first kappa shape index (κ1) is 14.0. The van der Waals surface area contributed by atoms with Gasteiger partial charge in [-0.3, -0.25) is 10.6 Å². The molecule has 1 amide bonds. The number of carbonyl (C=O) groups excluding carboxylic acids is 1. The van der Waals surface area contributed by atoms with Gasteiger partial charge in [0.15, 0.2) is 0 Å². The minimum absolute atomic E-state index is 0.127. The zero-order valence-electron chi connectivity index (χ0n) is 11.1. The number of hydrazine groups is 1. The molecule has 0 aliphatic carbocycles. The standard InChI is InChI=1S/C15H16FN3O/c1-19(10-11-3-2-4-13(16)9-11)15(20)12-5-7-14(18-17)8-6-12/h2-9,18H,10,17H2,1H3. The quantitative estimate of drug-likeness (QED) is 0.664. The highest BCUT2D eigenvalue weighted by Gasteiger charge is 2.12. The number of carbonyl (C=O) groups is 1. The van der Waals surface area contributed by atoms with Crippen molar-refractivity contribution < 1.29 is 9.18 Å². The molecule has 0 unspecified atom stereocenters. The molecule has 5 heteroatoms. The zero-order chi connectivity index (χ0) is 14.5. The Balaban J connectivity index is 2.07. The van der Waals surface area contributed by atoms with Gasteiger partial charge in [0.05, 0.1) is 0 Å². The van der Waals surface area contributed by atoms with Gasteiger partial charge in [-0.15, -0.1) is 0 Å². The SMILES string of the molecule is CN(Cc1cccc(F)c1)C(=O)c1ccc(NN)cc1. The Morgan fingerprint density at radius 1 is 1.25 bits per heavy atom. The molecule has 3 N–H and O–H groups in total. The molecule has 0 saturated heterocycles. The summed E-state index contributed by atoms with van der Waals surface area (Å²) < 4.78 is 13.1. The highest BCUT2D eigenvalue weighted by atomic mass is 19.1. The van der Waals surface area contributed by atoms with Crippen LogP contribution in [0.1, 0.15) is 15.9 Å². The second-order valence-electron chi connectivity index (χ2n) is 4.51. The molecule has 0 saturated carbocycles. The van der Waals surface area contributed by atoms with Gasteiger partial charge in [-0.05, 0) is 42.0 Å². The Morgan fingerprint density at radius 2 is 1.95 bits per heavy atom. The molecule has 0 aliphatic rings. The molecule has 0 heterocycles. The van der Waals surface area contributed by atoms with Crippen LogP contribution in [0.25, 0.3) is 0 Å². The number of halogens is 1. The van der Waals surface area contributed by atoms with Crippen LogP contribution in [0.2, 0.25) is 0 Å². The molecular formula is C15H16FN3O. The lowest BCUT2D eigenvalue weighted by atomic mass is 10.1. The summed E-state index contributed by atoms with van der Waals surface area (Å²) in [5.74, 6) is 4.84. The van der Waals surface area contributed by atoms with Crippen molar-refractivity contribution in [3.05, 3.63) is 65.5 Å². The number of rotatable bonds is 4. The third-order valence-corrected chi connectivity index (χ3v) is 2.95. The van der Waals surface area contributed by atoms with Gasteiger partial charge in [-0.25, -0.2) is 4.39 Å². The molecule has 0 bridgehead atoms. The summed E-state index contributed by atoms with van der Waals surface area (Å²) in [6.45, 7) is 0.355. The van der Waals surface area contributed by atoms with Gasteiger partial charge in [0.2, 0.25) is 0 Å². The van der Waals surface area contributed by atoms with E-state index in [1.165, 1.54) is 12.1 Å². The highest BCUT2D eigenvalue weighted by molar-refractivity contribution is 5.94. The molecule has 0 atom stereocenters. The van der Waals surface area contributed by atoms with Gasteiger partial charge in [0.25, 0.3) is 5.91 Å². The van der Waals surface area contributed by atoms with Crippen molar-refractivity contribution in [2.24, 2.45) is 5.84 Å². The zero-order valence-corrected chi connectivity index (χ0v) is 11.1.